The van der Waals surface area contributed by atoms with Crippen LogP contribution in [0.5, 0.6) is 0 Å². The number of pyridine rings is 1. The zero-order valence-corrected chi connectivity index (χ0v) is 9.19. The Kier molecular flexibility index (Phi) is 3.98. The van der Waals surface area contributed by atoms with Crippen LogP contribution in [-0.4, -0.2) is 18.7 Å². The number of nitrogens with zero attached hydrogens (tertiary/aromatic N) is 1. The molecule has 0 aliphatic heterocycles. The molecule has 0 aliphatic rings. The van der Waals surface area contributed by atoms with Crippen molar-refractivity contribution < 1.29 is 17.9 Å². The first-order valence-corrected chi connectivity index (χ1v) is 4.74. The SMILES string of the molecule is COCCc1c(Cl)ncc(C(F)(F)F)c1N. The molecule has 16 heavy (non-hydrogen) atoms. The van der Waals surface area contributed by atoms with Crippen molar-refractivity contribution in [2.45, 2.75) is 12.6 Å². The number of aromatic nitrogens is 1. The van der Waals surface area contributed by atoms with E-state index in [1.54, 1.807) is 0 Å². The van der Waals surface area contributed by atoms with Gasteiger partial charge in [0.25, 0.3) is 0 Å². The van der Waals surface area contributed by atoms with Gasteiger partial charge in [-0.1, -0.05) is 11.6 Å². The lowest BCUT2D eigenvalue weighted by Gasteiger charge is -2.13. The molecular weight excluding hydrogens is 245 g/mol. The molecule has 1 heterocycles. The molecule has 0 saturated heterocycles. The fourth-order valence-corrected chi connectivity index (χ4v) is 1.46. The summed E-state index contributed by atoms with van der Waals surface area (Å²) >= 11 is 5.67. The Balaban J connectivity index is 3.16. The van der Waals surface area contributed by atoms with Crippen molar-refractivity contribution in [1.82, 2.24) is 4.98 Å². The Morgan fingerprint density at radius 3 is 2.62 bits per heavy atom. The molecule has 2 N–H and O–H groups in total. The molecule has 1 aromatic rings. The second kappa shape index (κ2) is 4.88. The van der Waals surface area contributed by atoms with Crippen LogP contribution in [0.1, 0.15) is 11.1 Å². The Hall–Kier alpha value is -1.01. The summed E-state index contributed by atoms with van der Waals surface area (Å²) in [4.78, 5) is 3.47. The van der Waals surface area contributed by atoms with Crippen LogP contribution in [0.15, 0.2) is 6.20 Å². The molecule has 0 saturated carbocycles. The smallest absolute Gasteiger partial charge is 0.398 e. The maximum atomic E-state index is 12.5. The highest BCUT2D eigenvalue weighted by Crippen LogP contribution is 2.36. The molecule has 1 aromatic heterocycles. The molecule has 0 aliphatic carbocycles. The first kappa shape index (κ1) is 13.1. The summed E-state index contributed by atoms with van der Waals surface area (Å²) in [5.74, 6) is 0. The van der Waals surface area contributed by atoms with E-state index in [4.69, 9.17) is 22.1 Å². The van der Waals surface area contributed by atoms with Gasteiger partial charge in [0.15, 0.2) is 0 Å². The van der Waals surface area contributed by atoms with Crippen LogP contribution in [0.3, 0.4) is 0 Å². The number of nitrogens with two attached hydrogens (primary N) is 1. The molecule has 0 radical (unpaired) electrons. The maximum Gasteiger partial charge on any atom is 0.419 e. The number of alkyl halides is 3. The number of methoxy groups -OCH3 is 1. The number of halogens is 4. The molecule has 3 nitrogen and oxygen atoms in total. The van der Waals surface area contributed by atoms with Gasteiger partial charge < -0.3 is 10.5 Å². The lowest BCUT2D eigenvalue weighted by atomic mass is 10.1. The van der Waals surface area contributed by atoms with Crippen LogP contribution < -0.4 is 5.73 Å². The Morgan fingerprint density at radius 2 is 2.12 bits per heavy atom. The molecule has 7 heteroatoms. The zero-order chi connectivity index (χ0) is 12.3. The molecule has 90 valence electrons. The number of hydrogen-bond acceptors (Lipinski definition) is 3. The van der Waals surface area contributed by atoms with Gasteiger partial charge in [-0.25, -0.2) is 4.98 Å². The quantitative estimate of drug-likeness (QED) is 0.843. The molecule has 0 unspecified atom stereocenters. The Bertz CT molecular complexity index is 382. The van der Waals surface area contributed by atoms with Gasteiger partial charge in [0.05, 0.1) is 17.9 Å². The minimum absolute atomic E-state index is 0.0254. The van der Waals surface area contributed by atoms with E-state index >= 15 is 0 Å². The number of nitrogen functional groups attached to an aromatic ring is 1. The van der Waals surface area contributed by atoms with Crippen molar-refractivity contribution >= 4 is 17.3 Å². The van der Waals surface area contributed by atoms with Gasteiger partial charge in [-0.3, -0.25) is 0 Å². The summed E-state index contributed by atoms with van der Waals surface area (Å²) in [6, 6.07) is 0. The molecular formula is C9H10ClF3N2O. The maximum absolute atomic E-state index is 12.5. The van der Waals surface area contributed by atoms with Crippen molar-refractivity contribution in [3.8, 4) is 0 Å². The van der Waals surface area contributed by atoms with E-state index < -0.39 is 11.7 Å². The fourth-order valence-electron chi connectivity index (χ4n) is 1.21. The monoisotopic (exact) mass is 254 g/mol. The highest BCUT2D eigenvalue weighted by molar-refractivity contribution is 6.30. The summed E-state index contributed by atoms with van der Waals surface area (Å²) < 4.78 is 42.2. The summed E-state index contributed by atoms with van der Waals surface area (Å²) in [5, 5.41) is -0.0254. The average molecular weight is 255 g/mol. The molecule has 0 atom stereocenters. The van der Waals surface area contributed by atoms with E-state index in [1.165, 1.54) is 7.11 Å². The first-order chi connectivity index (χ1) is 7.38. The normalized spacial score (nSPS) is 11.8. The van der Waals surface area contributed by atoms with E-state index in [1.807, 2.05) is 0 Å². The van der Waals surface area contributed by atoms with Crippen molar-refractivity contribution in [3.63, 3.8) is 0 Å². The van der Waals surface area contributed by atoms with Crippen molar-refractivity contribution in [1.29, 1.82) is 0 Å². The molecule has 0 amide bonds. The van der Waals surface area contributed by atoms with Gasteiger partial charge in [0.2, 0.25) is 0 Å². The van der Waals surface area contributed by atoms with Crippen LogP contribution in [0.4, 0.5) is 18.9 Å². The van der Waals surface area contributed by atoms with Gasteiger partial charge in [0, 0.05) is 25.3 Å². The minimum atomic E-state index is -4.52. The average Bonchev–Trinajstić information content (AvgIpc) is 2.15. The molecule has 0 fully saturated rings. The topological polar surface area (TPSA) is 48.1 Å². The Morgan fingerprint density at radius 1 is 1.50 bits per heavy atom. The van der Waals surface area contributed by atoms with Crippen LogP contribution >= 0.6 is 11.6 Å². The van der Waals surface area contributed by atoms with E-state index in [9.17, 15) is 13.2 Å². The molecule has 1 rings (SSSR count). The third-order valence-corrected chi connectivity index (χ3v) is 2.36. The van der Waals surface area contributed by atoms with E-state index in [0.29, 0.717) is 6.20 Å². The summed E-state index contributed by atoms with van der Waals surface area (Å²) in [7, 11) is 1.44. The standard InChI is InChI=1S/C9H10ClF3N2O/c1-16-3-2-5-7(14)6(9(11,12)13)4-15-8(5)10/h4H,2-3H2,1H3,(H2,14,15). The lowest BCUT2D eigenvalue weighted by molar-refractivity contribution is -0.137. The highest BCUT2D eigenvalue weighted by atomic mass is 35.5. The van der Waals surface area contributed by atoms with Crippen molar-refractivity contribution in [3.05, 3.63) is 22.5 Å². The second-order valence-corrected chi connectivity index (χ2v) is 3.45. The van der Waals surface area contributed by atoms with E-state index in [2.05, 4.69) is 4.98 Å². The summed E-state index contributed by atoms with van der Waals surface area (Å²) in [6.45, 7) is 0.229. The van der Waals surface area contributed by atoms with Gasteiger partial charge in [-0.15, -0.1) is 0 Å². The van der Waals surface area contributed by atoms with Crippen molar-refractivity contribution in [2.75, 3.05) is 19.5 Å². The Labute approximate surface area is 95.4 Å². The molecule has 0 bridgehead atoms. The van der Waals surface area contributed by atoms with Gasteiger partial charge >= 0.3 is 6.18 Å². The number of ether oxygens (including phenoxy) is 1. The number of rotatable bonds is 3. The van der Waals surface area contributed by atoms with Crippen molar-refractivity contribution in [2.24, 2.45) is 0 Å². The predicted molar refractivity (Wildman–Crippen MR) is 54.2 cm³/mol. The summed E-state index contributed by atoms with van der Waals surface area (Å²) in [6.07, 6.45) is -3.70. The zero-order valence-electron chi connectivity index (χ0n) is 8.44. The fraction of sp³-hybridized carbons (Fsp3) is 0.444. The third kappa shape index (κ3) is 2.76. The number of hydrogen-bond donors (Lipinski definition) is 1. The summed E-state index contributed by atoms with van der Waals surface area (Å²) in [5.41, 5.74) is 4.22. The first-order valence-electron chi connectivity index (χ1n) is 4.37. The number of anilines is 1. The lowest BCUT2D eigenvalue weighted by Crippen LogP contribution is -2.13. The minimum Gasteiger partial charge on any atom is -0.398 e. The van der Waals surface area contributed by atoms with Crippen LogP contribution in [0.2, 0.25) is 5.15 Å². The molecule has 0 spiro atoms. The highest BCUT2D eigenvalue weighted by Gasteiger charge is 2.34. The van der Waals surface area contributed by atoms with Crippen LogP contribution in [0.25, 0.3) is 0 Å². The van der Waals surface area contributed by atoms with Gasteiger partial charge in [-0.2, -0.15) is 13.2 Å². The third-order valence-electron chi connectivity index (χ3n) is 2.03. The van der Waals surface area contributed by atoms with Gasteiger partial charge in [0.1, 0.15) is 5.15 Å². The van der Waals surface area contributed by atoms with Crippen LogP contribution in [0, 0.1) is 0 Å². The van der Waals surface area contributed by atoms with E-state index in [-0.39, 0.29) is 29.4 Å². The van der Waals surface area contributed by atoms with Crippen LogP contribution in [-0.2, 0) is 17.3 Å². The van der Waals surface area contributed by atoms with Gasteiger partial charge in [-0.05, 0) is 0 Å². The predicted octanol–water partition coefficient (Wildman–Crippen LogP) is 2.52. The van der Waals surface area contributed by atoms with E-state index in [0.717, 1.165) is 0 Å². The molecule has 0 aromatic carbocycles. The largest absolute Gasteiger partial charge is 0.419 e. The second-order valence-electron chi connectivity index (χ2n) is 3.10.